The van der Waals surface area contributed by atoms with Crippen molar-refractivity contribution in [1.82, 2.24) is 0 Å². The van der Waals surface area contributed by atoms with Crippen molar-refractivity contribution in [2.75, 3.05) is 0 Å². The van der Waals surface area contributed by atoms with E-state index in [1.807, 2.05) is 0 Å². The zero-order valence-electron chi connectivity index (χ0n) is 5.43. The minimum Gasteiger partial charge on any atom is -0.0800 e. The fraction of sp³-hybridized carbons (Fsp3) is 0.556. The molecule has 1 fully saturated rings. The van der Waals surface area contributed by atoms with Crippen LogP contribution in [0.4, 0.5) is 0 Å². The van der Waals surface area contributed by atoms with E-state index in [4.69, 9.17) is 0 Å². The van der Waals surface area contributed by atoms with Gasteiger partial charge in [0.25, 0.3) is 0 Å². The average Bonchev–Trinajstić information content (AvgIpc) is 2.40. The highest BCUT2D eigenvalue weighted by Crippen LogP contribution is 2.62. The molecule has 9 heavy (non-hydrogen) atoms. The molecular weight excluding hydrogens is 108 g/mol. The Morgan fingerprint density at radius 2 is 2.33 bits per heavy atom. The molecule has 0 nitrogen and oxygen atoms in total. The van der Waals surface area contributed by atoms with Gasteiger partial charge in [0.2, 0.25) is 0 Å². The summed E-state index contributed by atoms with van der Waals surface area (Å²) in [6.45, 7) is 0. The summed E-state index contributed by atoms with van der Waals surface area (Å²) in [5, 5.41) is 0. The van der Waals surface area contributed by atoms with E-state index in [1.165, 1.54) is 19.3 Å². The summed E-state index contributed by atoms with van der Waals surface area (Å²) in [6, 6.07) is 0. The summed E-state index contributed by atoms with van der Waals surface area (Å²) < 4.78 is 0. The fourth-order valence-corrected chi connectivity index (χ4v) is 2.27. The van der Waals surface area contributed by atoms with E-state index in [0.717, 1.165) is 5.92 Å². The molecule has 1 saturated carbocycles. The smallest absolute Gasteiger partial charge is 0.00458 e. The van der Waals surface area contributed by atoms with Crippen molar-refractivity contribution in [2.45, 2.75) is 19.3 Å². The van der Waals surface area contributed by atoms with Crippen LogP contribution in [0.2, 0.25) is 0 Å². The predicted molar refractivity (Wildman–Crippen MR) is 37.0 cm³/mol. The second-order valence-electron chi connectivity index (χ2n) is 3.62. The first-order valence-corrected chi connectivity index (χ1v) is 3.79. The van der Waals surface area contributed by atoms with Gasteiger partial charge in [0.05, 0.1) is 0 Å². The van der Waals surface area contributed by atoms with Gasteiger partial charge in [-0.15, -0.1) is 0 Å². The monoisotopic (exact) mass is 118 g/mol. The molecule has 1 unspecified atom stereocenters. The second kappa shape index (κ2) is 1.03. The standard InChI is InChI=1S/C9H10/c1-2-8-5-7(1)6-9(8)3-4-9/h1-2,6,8H,3-5H2. The van der Waals surface area contributed by atoms with Crippen LogP contribution in [0.5, 0.6) is 0 Å². The maximum atomic E-state index is 2.51. The third-order valence-electron chi connectivity index (χ3n) is 3.04. The van der Waals surface area contributed by atoms with Gasteiger partial charge in [-0.2, -0.15) is 0 Å². The van der Waals surface area contributed by atoms with E-state index < -0.39 is 0 Å². The Kier molecular flexibility index (Phi) is 0.493. The van der Waals surface area contributed by atoms with Gasteiger partial charge in [-0.1, -0.05) is 23.8 Å². The van der Waals surface area contributed by atoms with E-state index in [1.54, 1.807) is 5.57 Å². The van der Waals surface area contributed by atoms with Crippen molar-refractivity contribution in [1.29, 1.82) is 0 Å². The Morgan fingerprint density at radius 1 is 1.44 bits per heavy atom. The van der Waals surface area contributed by atoms with Crippen molar-refractivity contribution in [2.24, 2.45) is 11.3 Å². The van der Waals surface area contributed by atoms with Gasteiger partial charge in [-0.3, -0.25) is 0 Å². The molecule has 0 N–H and O–H groups in total. The highest BCUT2D eigenvalue weighted by molar-refractivity contribution is 5.41. The van der Waals surface area contributed by atoms with Crippen LogP contribution >= 0.6 is 0 Å². The lowest BCUT2D eigenvalue weighted by atomic mass is 9.93. The van der Waals surface area contributed by atoms with Gasteiger partial charge in [-0.05, 0) is 30.6 Å². The van der Waals surface area contributed by atoms with Crippen molar-refractivity contribution in [3.8, 4) is 0 Å². The molecule has 0 aromatic rings. The highest BCUT2D eigenvalue weighted by atomic mass is 14.5. The lowest BCUT2D eigenvalue weighted by Gasteiger charge is -2.10. The van der Waals surface area contributed by atoms with Crippen LogP contribution in [0, 0.1) is 11.3 Å². The van der Waals surface area contributed by atoms with Gasteiger partial charge in [0, 0.05) is 0 Å². The zero-order valence-corrected chi connectivity index (χ0v) is 5.43. The SMILES string of the molecule is C1=CC2CC1=CC21CC1. The normalized spacial score (nSPS) is 40.0. The average molecular weight is 118 g/mol. The van der Waals surface area contributed by atoms with Crippen LogP contribution in [0.3, 0.4) is 0 Å². The molecule has 0 amide bonds. The van der Waals surface area contributed by atoms with E-state index in [-0.39, 0.29) is 0 Å². The summed E-state index contributed by atoms with van der Waals surface area (Å²) >= 11 is 0. The van der Waals surface area contributed by atoms with Crippen molar-refractivity contribution in [3.05, 3.63) is 23.8 Å². The van der Waals surface area contributed by atoms with Crippen LogP contribution in [0.25, 0.3) is 0 Å². The number of fused-ring (bicyclic) bond motifs is 3. The molecule has 0 aromatic heterocycles. The number of allylic oxidation sites excluding steroid dienone is 4. The molecule has 0 heteroatoms. The number of rotatable bonds is 0. The van der Waals surface area contributed by atoms with Gasteiger partial charge in [-0.25, -0.2) is 0 Å². The van der Waals surface area contributed by atoms with E-state index in [9.17, 15) is 0 Å². The largest absolute Gasteiger partial charge is 0.0800 e. The molecule has 1 atom stereocenters. The maximum Gasteiger partial charge on any atom is -0.00458 e. The second-order valence-corrected chi connectivity index (χ2v) is 3.62. The first-order valence-electron chi connectivity index (χ1n) is 3.79. The molecule has 2 bridgehead atoms. The molecule has 3 rings (SSSR count). The molecule has 0 aromatic carbocycles. The molecule has 0 radical (unpaired) electrons. The van der Waals surface area contributed by atoms with Gasteiger partial charge < -0.3 is 0 Å². The van der Waals surface area contributed by atoms with Crippen molar-refractivity contribution in [3.63, 3.8) is 0 Å². The Balaban J connectivity index is 2.16. The Labute approximate surface area is 55.3 Å². The summed E-state index contributed by atoms with van der Waals surface area (Å²) in [5.74, 6) is 0.924. The summed E-state index contributed by atoms with van der Waals surface area (Å²) in [7, 11) is 0. The van der Waals surface area contributed by atoms with Gasteiger partial charge in [0.1, 0.15) is 0 Å². The summed E-state index contributed by atoms with van der Waals surface area (Å²) in [4.78, 5) is 0. The first kappa shape index (κ1) is 4.32. The molecule has 3 aliphatic rings. The Bertz CT molecular complexity index is 216. The summed E-state index contributed by atoms with van der Waals surface area (Å²) in [5.41, 5.74) is 2.32. The number of hydrogen-bond donors (Lipinski definition) is 0. The molecule has 0 aliphatic heterocycles. The lowest BCUT2D eigenvalue weighted by molar-refractivity contribution is 0.501. The number of hydrogen-bond acceptors (Lipinski definition) is 0. The summed E-state index contributed by atoms with van der Waals surface area (Å²) in [6.07, 6.45) is 11.5. The third kappa shape index (κ3) is 0.375. The van der Waals surface area contributed by atoms with E-state index >= 15 is 0 Å². The predicted octanol–water partition coefficient (Wildman–Crippen LogP) is 2.28. The van der Waals surface area contributed by atoms with Crippen LogP contribution in [-0.4, -0.2) is 0 Å². The molecular formula is C9H10. The lowest BCUT2D eigenvalue weighted by Crippen LogP contribution is -2.03. The van der Waals surface area contributed by atoms with Crippen LogP contribution < -0.4 is 0 Å². The Morgan fingerprint density at radius 3 is 2.67 bits per heavy atom. The fourth-order valence-electron chi connectivity index (χ4n) is 2.27. The van der Waals surface area contributed by atoms with Crippen LogP contribution in [0.15, 0.2) is 23.8 Å². The molecule has 46 valence electrons. The molecule has 3 aliphatic carbocycles. The highest BCUT2D eigenvalue weighted by Gasteiger charge is 2.51. The van der Waals surface area contributed by atoms with Crippen molar-refractivity contribution < 1.29 is 0 Å². The van der Waals surface area contributed by atoms with E-state index in [0.29, 0.717) is 5.41 Å². The minimum absolute atomic E-state index is 0.712. The Hall–Kier alpha value is -0.520. The quantitative estimate of drug-likeness (QED) is 0.457. The molecule has 0 heterocycles. The van der Waals surface area contributed by atoms with Crippen LogP contribution in [-0.2, 0) is 0 Å². The first-order chi connectivity index (χ1) is 4.39. The molecule has 1 spiro atoms. The topological polar surface area (TPSA) is 0 Å². The van der Waals surface area contributed by atoms with Gasteiger partial charge >= 0.3 is 0 Å². The zero-order chi connectivity index (χ0) is 5.90. The van der Waals surface area contributed by atoms with Gasteiger partial charge in [0.15, 0.2) is 0 Å². The minimum atomic E-state index is 0.712. The molecule has 0 saturated heterocycles. The van der Waals surface area contributed by atoms with Crippen molar-refractivity contribution >= 4 is 0 Å². The van der Waals surface area contributed by atoms with Crippen LogP contribution in [0.1, 0.15) is 19.3 Å². The van der Waals surface area contributed by atoms with E-state index in [2.05, 4.69) is 18.2 Å². The maximum absolute atomic E-state index is 2.51. The third-order valence-corrected chi connectivity index (χ3v) is 3.04.